The van der Waals surface area contributed by atoms with Crippen LogP contribution in [0, 0.1) is 0 Å². The minimum atomic E-state index is -4.51. The van der Waals surface area contributed by atoms with Crippen molar-refractivity contribution in [2.45, 2.75) is 13.1 Å². The number of halogens is 3. The molecule has 0 aliphatic rings. The van der Waals surface area contributed by atoms with Crippen LogP contribution in [-0.4, -0.2) is 48.7 Å². The van der Waals surface area contributed by atoms with E-state index in [-0.39, 0.29) is 17.4 Å². The highest BCUT2D eigenvalue weighted by Crippen LogP contribution is 2.17. The molecule has 1 aromatic carbocycles. The highest BCUT2D eigenvalue weighted by Gasteiger charge is 2.28. The van der Waals surface area contributed by atoms with E-state index in [4.69, 9.17) is 4.74 Å². The van der Waals surface area contributed by atoms with Crippen LogP contribution in [0.5, 0.6) is 5.88 Å². The number of aromatic nitrogens is 1. The Kier molecular flexibility index (Phi) is 7.73. The summed E-state index contributed by atoms with van der Waals surface area (Å²) < 4.78 is 45.5. The lowest BCUT2D eigenvalue weighted by Gasteiger charge is -2.09. The summed E-state index contributed by atoms with van der Waals surface area (Å²) in [6.07, 6.45) is -3.53. The fourth-order valence-electron chi connectivity index (χ4n) is 2.15. The average molecular weight is 425 g/mol. The van der Waals surface area contributed by atoms with Gasteiger partial charge in [-0.3, -0.25) is 9.59 Å². The number of benzene rings is 1. The third-order valence-electron chi connectivity index (χ3n) is 3.44. The first kappa shape index (κ1) is 22.7. The number of nitrogens with zero attached hydrogens (tertiary/aromatic N) is 1. The molecule has 0 spiro atoms. The van der Waals surface area contributed by atoms with E-state index in [9.17, 15) is 27.6 Å². The second kappa shape index (κ2) is 10.2. The third-order valence-corrected chi connectivity index (χ3v) is 3.44. The zero-order valence-corrected chi connectivity index (χ0v) is 15.8. The number of amides is 2. The summed E-state index contributed by atoms with van der Waals surface area (Å²) in [6.45, 7) is 0.105. The maximum atomic E-state index is 12.1. The Morgan fingerprint density at radius 1 is 1.10 bits per heavy atom. The van der Waals surface area contributed by atoms with Crippen LogP contribution in [-0.2, 0) is 9.53 Å². The number of alkyl halides is 3. The van der Waals surface area contributed by atoms with Gasteiger partial charge in [-0.05, 0) is 31.2 Å². The molecule has 11 heteroatoms. The summed E-state index contributed by atoms with van der Waals surface area (Å²) >= 11 is 0. The van der Waals surface area contributed by atoms with Gasteiger partial charge in [0.15, 0.2) is 13.2 Å². The molecule has 0 saturated carbocycles. The second-order valence-electron chi connectivity index (χ2n) is 5.85. The van der Waals surface area contributed by atoms with Crippen molar-refractivity contribution >= 4 is 23.5 Å². The van der Waals surface area contributed by atoms with Crippen molar-refractivity contribution in [1.82, 2.24) is 10.3 Å². The van der Waals surface area contributed by atoms with Crippen LogP contribution < -0.4 is 15.4 Å². The van der Waals surface area contributed by atoms with Crippen LogP contribution >= 0.6 is 0 Å². The van der Waals surface area contributed by atoms with Gasteiger partial charge in [-0.2, -0.15) is 13.2 Å². The maximum absolute atomic E-state index is 12.1. The Morgan fingerprint density at radius 3 is 2.50 bits per heavy atom. The van der Waals surface area contributed by atoms with Gasteiger partial charge in [-0.25, -0.2) is 9.78 Å². The fourth-order valence-corrected chi connectivity index (χ4v) is 2.15. The molecule has 30 heavy (non-hydrogen) atoms. The van der Waals surface area contributed by atoms with Crippen molar-refractivity contribution in [3.05, 3.63) is 53.7 Å². The molecular weight excluding hydrogens is 407 g/mol. The zero-order chi connectivity index (χ0) is 22.1. The molecule has 2 rings (SSSR count). The van der Waals surface area contributed by atoms with E-state index < -0.39 is 31.3 Å². The number of pyridine rings is 1. The Hall–Kier alpha value is -3.63. The number of anilines is 1. The van der Waals surface area contributed by atoms with Crippen LogP contribution in [0.25, 0.3) is 0 Å². The number of esters is 1. The standard InChI is InChI=1S/C19H18F3N3O5/c1-2-23-17(27)12-4-3-5-14(8-12)25-15(26)10-29-18(28)13-6-7-16(24-9-13)30-11-19(20,21)22/h3-9H,2,10-11H2,1H3,(H,23,27)(H,25,26). The van der Waals surface area contributed by atoms with Gasteiger partial charge in [-0.1, -0.05) is 6.07 Å². The summed E-state index contributed by atoms with van der Waals surface area (Å²) in [4.78, 5) is 39.3. The maximum Gasteiger partial charge on any atom is 0.422 e. The molecule has 160 valence electrons. The lowest BCUT2D eigenvalue weighted by Crippen LogP contribution is -2.23. The highest BCUT2D eigenvalue weighted by molar-refractivity contribution is 5.98. The quantitative estimate of drug-likeness (QED) is 0.630. The highest BCUT2D eigenvalue weighted by atomic mass is 19.4. The Labute approximate surface area is 169 Å². The number of ether oxygens (including phenoxy) is 2. The molecule has 2 N–H and O–H groups in total. The molecule has 2 amide bonds. The van der Waals surface area contributed by atoms with Gasteiger partial charge < -0.3 is 20.1 Å². The van der Waals surface area contributed by atoms with Crippen molar-refractivity contribution in [3.8, 4) is 5.88 Å². The normalized spacial score (nSPS) is 10.8. The molecule has 0 bridgehead atoms. The van der Waals surface area contributed by atoms with Crippen molar-refractivity contribution in [1.29, 1.82) is 0 Å². The van der Waals surface area contributed by atoms with E-state index in [1.54, 1.807) is 25.1 Å². The van der Waals surface area contributed by atoms with Crippen LogP contribution in [0.4, 0.5) is 18.9 Å². The summed E-state index contributed by atoms with van der Waals surface area (Å²) in [7, 11) is 0. The smallest absolute Gasteiger partial charge is 0.422 e. The third kappa shape index (κ3) is 7.41. The van der Waals surface area contributed by atoms with Crippen molar-refractivity contribution < 1.29 is 37.0 Å². The predicted octanol–water partition coefficient (Wildman–Crippen LogP) is 2.57. The van der Waals surface area contributed by atoms with Crippen LogP contribution in [0.3, 0.4) is 0 Å². The predicted molar refractivity (Wildman–Crippen MR) is 99.1 cm³/mol. The molecule has 0 radical (unpaired) electrons. The topological polar surface area (TPSA) is 107 Å². The SMILES string of the molecule is CCNC(=O)c1cccc(NC(=O)COC(=O)c2ccc(OCC(F)(F)F)nc2)c1. The molecular formula is C19H18F3N3O5. The molecule has 0 aliphatic carbocycles. The molecule has 0 atom stereocenters. The van der Waals surface area contributed by atoms with E-state index in [2.05, 4.69) is 20.4 Å². The Bertz CT molecular complexity index is 901. The van der Waals surface area contributed by atoms with E-state index in [1.807, 2.05) is 0 Å². The zero-order valence-electron chi connectivity index (χ0n) is 15.8. The summed E-state index contributed by atoms with van der Waals surface area (Å²) in [5.74, 6) is -2.14. The van der Waals surface area contributed by atoms with E-state index in [1.165, 1.54) is 6.07 Å². The van der Waals surface area contributed by atoms with E-state index >= 15 is 0 Å². The Morgan fingerprint density at radius 2 is 1.87 bits per heavy atom. The summed E-state index contributed by atoms with van der Waals surface area (Å²) in [5.41, 5.74) is 0.624. The second-order valence-corrected chi connectivity index (χ2v) is 5.85. The van der Waals surface area contributed by atoms with Crippen LogP contribution in [0.1, 0.15) is 27.6 Å². The van der Waals surface area contributed by atoms with Gasteiger partial charge in [-0.15, -0.1) is 0 Å². The van der Waals surface area contributed by atoms with Crippen molar-refractivity contribution in [2.24, 2.45) is 0 Å². The molecule has 8 nitrogen and oxygen atoms in total. The first-order valence-corrected chi connectivity index (χ1v) is 8.69. The molecule has 0 saturated heterocycles. The van der Waals surface area contributed by atoms with Gasteiger partial charge in [0.2, 0.25) is 5.88 Å². The summed E-state index contributed by atoms with van der Waals surface area (Å²) in [5, 5.41) is 5.12. The molecule has 2 aromatic rings. The molecule has 1 heterocycles. The van der Waals surface area contributed by atoms with Crippen molar-refractivity contribution in [2.75, 3.05) is 25.1 Å². The van der Waals surface area contributed by atoms with Gasteiger partial charge >= 0.3 is 12.1 Å². The van der Waals surface area contributed by atoms with E-state index in [0.29, 0.717) is 17.8 Å². The minimum Gasteiger partial charge on any atom is -0.468 e. The van der Waals surface area contributed by atoms with Gasteiger partial charge in [0.25, 0.3) is 11.8 Å². The first-order valence-electron chi connectivity index (χ1n) is 8.69. The average Bonchev–Trinajstić information content (AvgIpc) is 2.71. The Balaban J connectivity index is 1.85. The monoisotopic (exact) mass is 425 g/mol. The number of rotatable bonds is 8. The number of carbonyl (C=O) groups excluding carboxylic acids is 3. The number of hydrogen-bond donors (Lipinski definition) is 2. The fraction of sp³-hybridized carbons (Fsp3) is 0.263. The summed E-state index contributed by atoms with van der Waals surface area (Å²) in [6, 6.07) is 8.43. The number of nitrogens with one attached hydrogen (secondary N) is 2. The molecule has 0 aliphatic heterocycles. The molecule has 0 fully saturated rings. The van der Waals surface area contributed by atoms with E-state index in [0.717, 1.165) is 18.3 Å². The van der Waals surface area contributed by atoms with Crippen LogP contribution in [0.2, 0.25) is 0 Å². The largest absolute Gasteiger partial charge is 0.468 e. The lowest BCUT2D eigenvalue weighted by atomic mass is 10.2. The lowest BCUT2D eigenvalue weighted by molar-refractivity contribution is -0.154. The minimum absolute atomic E-state index is 0.0691. The number of hydrogen-bond acceptors (Lipinski definition) is 6. The van der Waals surface area contributed by atoms with Crippen molar-refractivity contribution in [3.63, 3.8) is 0 Å². The van der Waals surface area contributed by atoms with Crippen LogP contribution in [0.15, 0.2) is 42.6 Å². The molecule has 0 unspecified atom stereocenters. The van der Waals surface area contributed by atoms with Gasteiger partial charge in [0, 0.05) is 30.1 Å². The first-order chi connectivity index (χ1) is 14.2. The molecule has 1 aromatic heterocycles. The van der Waals surface area contributed by atoms with Gasteiger partial charge in [0.1, 0.15) is 0 Å². The number of carbonyl (C=O) groups is 3. The van der Waals surface area contributed by atoms with Gasteiger partial charge in [0.05, 0.1) is 5.56 Å².